The number of fused-ring (bicyclic) bond motifs is 1. The Morgan fingerprint density at radius 2 is 1.94 bits per heavy atom. The van der Waals surface area contributed by atoms with Gasteiger partial charge in [0.15, 0.2) is 0 Å². The molecule has 3 rings (SSSR count). The first-order valence-electron chi connectivity index (χ1n) is 6.15. The van der Waals surface area contributed by atoms with E-state index in [0.29, 0.717) is 0 Å². The number of hydrogen-bond acceptors (Lipinski definition) is 2. The number of hydrogen-bond donors (Lipinski definition) is 1. The minimum atomic E-state index is -0.420. The van der Waals surface area contributed by atoms with Gasteiger partial charge >= 0.3 is 0 Å². The first-order valence-corrected chi connectivity index (χ1v) is 6.15. The van der Waals surface area contributed by atoms with E-state index in [-0.39, 0.29) is 5.82 Å². The Bertz CT molecular complexity index is 540. The number of rotatable bonds is 1. The van der Waals surface area contributed by atoms with Crippen molar-refractivity contribution in [1.82, 2.24) is 0 Å². The molecular formula is C14H16FNO. The van der Waals surface area contributed by atoms with Gasteiger partial charge in [-0.1, -0.05) is 19.3 Å². The molecule has 1 saturated carbocycles. The molecule has 1 aliphatic rings. The predicted molar refractivity (Wildman–Crippen MR) is 65.1 cm³/mol. The molecule has 3 heteroatoms. The largest absolute Gasteiger partial charge is 0.464 e. The van der Waals surface area contributed by atoms with Crippen LogP contribution in [0.2, 0.25) is 0 Å². The zero-order valence-corrected chi connectivity index (χ0v) is 9.71. The maximum Gasteiger partial charge on any atom is 0.139 e. The average Bonchev–Trinajstić information content (AvgIpc) is 2.76. The van der Waals surface area contributed by atoms with Crippen molar-refractivity contribution in [2.24, 2.45) is 5.73 Å². The van der Waals surface area contributed by atoms with Crippen LogP contribution in [-0.2, 0) is 5.54 Å². The second-order valence-electron chi connectivity index (χ2n) is 5.01. The summed E-state index contributed by atoms with van der Waals surface area (Å²) < 4.78 is 19.1. The van der Waals surface area contributed by atoms with Crippen molar-refractivity contribution < 1.29 is 8.81 Å². The first kappa shape index (κ1) is 10.8. The fraction of sp³-hybridized carbons (Fsp3) is 0.429. The van der Waals surface area contributed by atoms with E-state index in [0.717, 1.165) is 42.2 Å². The van der Waals surface area contributed by atoms with Crippen molar-refractivity contribution in [3.8, 4) is 0 Å². The lowest BCUT2D eigenvalue weighted by Gasteiger charge is -2.33. The van der Waals surface area contributed by atoms with E-state index in [4.69, 9.17) is 10.2 Å². The fourth-order valence-electron chi connectivity index (χ4n) is 2.87. The van der Waals surface area contributed by atoms with Crippen LogP contribution in [0.4, 0.5) is 4.39 Å². The first-order chi connectivity index (χ1) is 8.19. The van der Waals surface area contributed by atoms with Crippen LogP contribution >= 0.6 is 0 Å². The van der Waals surface area contributed by atoms with Gasteiger partial charge < -0.3 is 10.2 Å². The molecule has 1 heterocycles. The van der Waals surface area contributed by atoms with E-state index >= 15 is 0 Å². The molecular weight excluding hydrogens is 217 g/mol. The molecule has 0 amide bonds. The molecule has 2 aromatic rings. The topological polar surface area (TPSA) is 39.2 Å². The number of benzene rings is 1. The molecule has 0 spiro atoms. The SMILES string of the molecule is NC1(c2cc(F)cc3ccoc23)CCCCC1. The minimum Gasteiger partial charge on any atom is -0.464 e. The molecule has 1 fully saturated rings. The normalized spacial score (nSPS) is 19.6. The van der Waals surface area contributed by atoms with Gasteiger partial charge in [-0.2, -0.15) is 0 Å². The minimum absolute atomic E-state index is 0.232. The molecule has 0 saturated heterocycles. The number of halogens is 1. The van der Waals surface area contributed by atoms with Crippen LogP contribution in [0.3, 0.4) is 0 Å². The zero-order chi connectivity index (χ0) is 11.9. The standard InChI is InChI=1S/C14H16FNO/c15-11-8-10-4-7-17-13(10)12(9-11)14(16)5-2-1-3-6-14/h4,7-9H,1-3,5-6,16H2. The molecule has 17 heavy (non-hydrogen) atoms. The average molecular weight is 233 g/mol. The Morgan fingerprint density at radius 3 is 2.71 bits per heavy atom. The van der Waals surface area contributed by atoms with Gasteiger partial charge in [0.1, 0.15) is 11.4 Å². The quantitative estimate of drug-likeness (QED) is 0.815. The Kier molecular flexibility index (Phi) is 2.44. The van der Waals surface area contributed by atoms with Crippen LogP contribution in [0.15, 0.2) is 28.9 Å². The molecule has 0 radical (unpaired) electrons. The third-order valence-corrected chi connectivity index (χ3v) is 3.80. The molecule has 0 unspecified atom stereocenters. The summed E-state index contributed by atoms with van der Waals surface area (Å²) in [6.07, 6.45) is 6.85. The lowest BCUT2D eigenvalue weighted by atomic mass is 9.77. The van der Waals surface area contributed by atoms with Gasteiger partial charge in [0.2, 0.25) is 0 Å². The summed E-state index contributed by atoms with van der Waals surface area (Å²) in [6.45, 7) is 0. The second-order valence-corrected chi connectivity index (χ2v) is 5.01. The Hall–Kier alpha value is -1.35. The molecule has 0 aliphatic heterocycles. The van der Waals surface area contributed by atoms with E-state index in [2.05, 4.69) is 0 Å². The van der Waals surface area contributed by atoms with Gasteiger partial charge in [-0.3, -0.25) is 0 Å². The predicted octanol–water partition coefficient (Wildman–Crippen LogP) is 3.69. The molecule has 90 valence electrons. The number of furan rings is 1. The van der Waals surface area contributed by atoms with Crippen molar-refractivity contribution in [3.05, 3.63) is 35.8 Å². The number of nitrogens with two attached hydrogens (primary N) is 1. The summed E-state index contributed by atoms with van der Waals surface area (Å²) in [5.74, 6) is -0.232. The highest BCUT2D eigenvalue weighted by Gasteiger charge is 2.32. The lowest BCUT2D eigenvalue weighted by molar-refractivity contribution is 0.301. The van der Waals surface area contributed by atoms with E-state index in [9.17, 15) is 4.39 Å². The third kappa shape index (κ3) is 1.75. The van der Waals surface area contributed by atoms with Crippen LogP contribution in [0.5, 0.6) is 0 Å². The van der Waals surface area contributed by atoms with Crippen molar-refractivity contribution in [2.45, 2.75) is 37.6 Å². The van der Waals surface area contributed by atoms with Crippen molar-refractivity contribution in [2.75, 3.05) is 0 Å². The second kappa shape index (κ2) is 3.84. The van der Waals surface area contributed by atoms with E-state index in [1.165, 1.54) is 18.6 Å². The van der Waals surface area contributed by atoms with Gasteiger partial charge in [-0.25, -0.2) is 4.39 Å². The molecule has 2 N–H and O–H groups in total. The summed E-state index contributed by atoms with van der Waals surface area (Å²) in [4.78, 5) is 0. The summed E-state index contributed by atoms with van der Waals surface area (Å²) in [7, 11) is 0. The van der Waals surface area contributed by atoms with Gasteiger partial charge in [0, 0.05) is 16.5 Å². The van der Waals surface area contributed by atoms with Crippen molar-refractivity contribution in [1.29, 1.82) is 0 Å². The van der Waals surface area contributed by atoms with Crippen LogP contribution in [0, 0.1) is 5.82 Å². The molecule has 0 bridgehead atoms. The van der Waals surface area contributed by atoms with Crippen LogP contribution in [-0.4, -0.2) is 0 Å². The van der Waals surface area contributed by atoms with E-state index in [1.54, 1.807) is 12.3 Å². The van der Waals surface area contributed by atoms with Crippen LogP contribution < -0.4 is 5.73 Å². The summed E-state index contributed by atoms with van der Waals surface area (Å²) >= 11 is 0. The van der Waals surface area contributed by atoms with Gasteiger partial charge in [-0.05, 0) is 31.0 Å². The molecule has 2 nitrogen and oxygen atoms in total. The summed E-state index contributed by atoms with van der Waals surface area (Å²) in [6, 6.07) is 4.82. The summed E-state index contributed by atoms with van der Waals surface area (Å²) in [5, 5.41) is 0.801. The molecule has 1 aromatic carbocycles. The van der Waals surface area contributed by atoms with Crippen LogP contribution in [0.25, 0.3) is 11.0 Å². The maximum atomic E-state index is 13.6. The Balaban J connectivity index is 2.18. The molecule has 1 aliphatic carbocycles. The van der Waals surface area contributed by atoms with Gasteiger partial charge in [-0.15, -0.1) is 0 Å². The summed E-state index contributed by atoms with van der Waals surface area (Å²) in [5.41, 5.74) is 7.60. The Labute approximate surface area is 99.6 Å². The fourth-order valence-corrected chi connectivity index (χ4v) is 2.87. The molecule has 1 aromatic heterocycles. The van der Waals surface area contributed by atoms with Crippen molar-refractivity contribution in [3.63, 3.8) is 0 Å². The smallest absolute Gasteiger partial charge is 0.139 e. The Morgan fingerprint density at radius 1 is 1.18 bits per heavy atom. The maximum absolute atomic E-state index is 13.6. The molecule has 0 atom stereocenters. The third-order valence-electron chi connectivity index (χ3n) is 3.80. The highest BCUT2D eigenvalue weighted by molar-refractivity contribution is 5.81. The van der Waals surface area contributed by atoms with Crippen LogP contribution in [0.1, 0.15) is 37.7 Å². The van der Waals surface area contributed by atoms with Gasteiger partial charge in [0.05, 0.1) is 6.26 Å². The van der Waals surface area contributed by atoms with E-state index in [1.807, 2.05) is 0 Å². The lowest BCUT2D eigenvalue weighted by Crippen LogP contribution is -2.38. The highest BCUT2D eigenvalue weighted by atomic mass is 19.1. The van der Waals surface area contributed by atoms with Gasteiger partial charge in [0.25, 0.3) is 0 Å². The zero-order valence-electron chi connectivity index (χ0n) is 9.71. The van der Waals surface area contributed by atoms with Crippen molar-refractivity contribution >= 4 is 11.0 Å². The van der Waals surface area contributed by atoms with E-state index < -0.39 is 5.54 Å². The highest BCUT2D eigenvalue weighted by Crippen LogP contribution is 2.38. The monoisotopic (exact) mass is 233 g/mol.